The van der Waals surface area contributed by atoms with Gasteiger partial charge in [0.05, 0.1) is 41.1 Å². The second-order valence-corrected chi connectivity index (χ2v) is 7.24. The third kappa shape index (κ3) is 5.25. The average Bonchev–Trinajstić information content (AvgIpc) is 3.26. The fourth-order valence-electron chi connectivity index (χ4n) is 3.99. The molecule has 3 rings (SSSR count). The highest BCUT2D eigenvalue weighted by Crippen LogP contribution is 2.38. The van der Waals surface area contributed by atoms with Gasteiger partial charge in [-0.1, -0.05) is 0 Å². The lowest BCUT2D eigenvalue weighted by molar-refractivity contribution is 0.0195. The average molecular weight is 407 g/mol. The largest absolute Gasteiger partial charge is 0.493 e. The van der Waals surface area contributed by atoms with Crippen LogP contribution in [0.25, 0.3) is 0 Å². The molecule has 162 valence electrons. The van der Waals surface area contributed by atoms with Crippen molar-refractivity contribution in [3.8, 4) is 17.2 Å². The summed E-state index contributed by atoms with van der Waals surface area (Å²) in [4.78, 5) is 9.80. The Hall–Kier alpha value is -2.19. The second kappa shape index (κ2) is 10.5. The first-order valence-electron chi connectivity index (χ1n) is 10.3. The van der Waals surface area contributed by atoms with E-state index < -0.39 is 0 Å². The molecule has 0 amide bonds. The predicted octanol–water partition coefficient (Wildman–Crippen LogP) is 1.58. The minimum absolute atomic E-state index is 0.539. The number of hydrogen-bond donors (Lipinski definition) is 1. The summed E-state index contributed by atoms with van der Waals surface area (Å²) in [5.41, 5.74) is 1.01. The molecule has 1 aromatic rings. The first-order chi connectivity index (χ1) is 14.2. The number of ether oxygens (including phenoxy) is 4. The zero-order valence-corrected chi connectivity index (χ0v) is 18.1. The van der Waals surface area contributed by atoms with Crippen molar-refractivity contribution in [2.24, 2.45) is 4.99 Å². The van der Waals surface area contributed by atoms with Crippen molar-refractivity contribution in [2.75, 3.05) is 67.3 Å². The van der Waals surface area contributed by atoms with Crippen LogP contribution in [0.15, 0.2) is 17.1 Å². The molecule has 8 nitrogen and oxygen atoms in total. The van der Waals surface area contributed by atoms with Crippen LogP contribution in [0.4, 0.5) is 0 Å². The Bertz CT molecular complexity index is 666. The monoisotopic (exact) mass is 406 g/mol. The van der Waals surface area contributed by atoms with E-state index in [4.69, 9.17) is 23.9 Å². The van der Waals surface area contributed by atoms with Crippen molar-refractivity contribution in [2.45, 2.75) is 25.9 Å². The van der Waals surface area contributed by atoms with Crippen LogP contribution in [0.3, 0.4) is 0 Å². The van der Waals surface area contributed by atoms with E-state index in [2.05, 4.69) is 22.0 Å². The highest BCUT2D eigenvalue weighted by molar-refractivity contribution is 5.80. The lowest BCUT2D eigenvalue weighted by Gasteiger charge is -2.32. The molecule has 2 aliphatic heterocycles. The van der Waals surface area contributed by atoms with E-state index in [1.54, 1.807) is 21.3 Å². The maximum atomic E-state index is 5.49. The molecule has 1 atom stereocenters. The molecule has 2 aliphatic rings. The summed E-state index contributed by atoms with van der Waals surface area (Å²) in [6.07, 6.45) is 1.16. The standard InChI is InChI=1S/C21H34N4O4/c1-5-22-21(25-7-6-17(15-25)24-8-10-29-11-9-24)23-14-16-12-18(26-2)20(28-4)19(13-16)27-3/h12-13,17H,5-11,14-15H2,1-4H3,(H,22,23). The molecule has 29 heavy (non-hydrogen) atoms. The van der Waals surface area contributed by atoms with Crippen molar-refractivity contribution < 1.29 is 18.9 Å². The Labute approximate surface area is 173 Å². The van der Waals surface area contributed by atoms with Gasteiger partial charge in [-0.05, 0) is 31.0 Å². The van der Waals surface area contributed by atoms with Crippen LogP contribution in [-0.4, -0.2) is 89.1 Å². The molecule has 0 aromatic heterocycles. The van der Waals surface area contributed by atoms with Crippen LogP contribution in [0.5, 0.6) is 17.2 Å². The van der Waals surface area contributed by atoms with Crippen molar-refractivity contribution in [3.63, 3.8) is 0 Å². The number of nitrogens with zero attached hydrogens (tertiary/aromatic N) is 3. The van der Waals surface area contributed by atoms with Gasteiger partial charge in [0.25, 0.3) is 0 Å². The molecule has 1 N–H and O–H groups in total. The number of hydrogen-bond acceptors (Lipinski definition) is 6. The number of nitrogens with one attached hydrogen (secondary N) is 1. The number of morpholine rings is 1. The number of methoxy groups -OCH3 is 3. The third-order valence-electron chi connectivity index (χ3n) is 5.50. The molecule has 2 heterocycles. The van der Waals surface area contributed by atoms with E-state index >= 15 is 0 Å². The van der Waals surface area contributed by atoms with Gasteiger partial charge in [0.15, 0.2) is 17.5 Å². The molecule has 0 radical (unpaired) electrons. The van der Waals surface area contributed by atoms with Crippen molar-refractivity contribution >= 4 is 5.96 Å². The molecular weight excluding hydrogens is 372 g/mol. The van der Waals surface area contributed by atoms with Crippen LogP contribution >= 0.6 is 0 Å². The molecule has 0 spiro atoms. The highest BCUT2D eigenvalue weighted by atomic mass is 16.5. The Kier molecular flexibility index (Phi) is 7.83. The van der Waals surface area contributed by atoms with Crippen LogP contribution in [-0.2, 0) is 11.3 Å². The quantitative estimate of drug-likeness (QED) is 0.545. The van der Waals surface area contributed by atoms with E-state index in [-0.39, 0.29) is 0 Å². The summed E-state index contributed by atoms with van der Waals surface area (Å²) < 4.78 is 21.8. The van der Waals surface area contributed by atoms with Gasteiger partial charge in [-0.2, -0.15) is 0 Å². The van der Waals surface area contributed by atoms with Crippen molar-refractivity contribution in [3.05, 3.63) is 17.7 Å². The summed E-state index contributed by atoms with van der Waals surface area (Å²) in [6.45, 7) is 9.23. The molecule has 1 aromatic carbocycles. The van der Waals surface area contributed by atoms with Crippen LogP contribution in [0.1, 0.15) is 18.9 Å². The Morgan fingerprint density at radius 1 is 1.10 bits per heavy atom. The van der Waals surface area contributed by atoms with E-state index in [0.29, 0.717) is 29.8 Å². The first kappa shape index (κ1) is 21.5. The minimum atomic E-state index is 0.539. The number of likely N-dealkylation sites (tertiary alicyclic amines) is 1. The number of aliphatic imine (C=N–C) groups is 1. The molecule has 1 unspecified atom stereocenters. The summed E-state index contributed by atoms with van der Waals surface area (Å²) in [5, 5.41) is 3.44. The molecular formula is C21H34N4O4. The van der Waals surface area contributed by atoms with E-state index in [1.165, 1.54) is 0 Å². The van der Waals surface area contributed by atoms with Gasteiger partial charge in [-0.3, -0.25) is 4.90 Å². The van der Waals surface area contributed by atoms with Gasteiger partial charge < -0.3 is 29.2 Å². The summed E-state index contributed by atoms with van der Waals surface area (Å²) in [7, 11) is 4.87. The fraction of sp³-hybridized carbons (Fsp3) is 0.667. The molecule has 8 heteroatoms. The third-order valence-corrected chi connectivity index (χ3v) is 5.50. The van der Waals surface area contributed by atoms with Gasteiger partial charge in [-0.25, -0.2) is 4.99 Å². The maximum Gasteiger partial charge on any atom is 0.203 e. The molecule has 2 fully saturated rings. The van der Waals surface area contributed by atoms with Gasteiger partial charge in [0.1, 0.15) is 0 Å². The normalized spacial score (nSPS) is 20.6. The topological polar surface area (TPSA) is 67.8 Å². The van der Waals surface area contributed by atoms with E-state index in [0.717, 1.165) is 63.9 Å². The number of benzene rings is 1. The molecule has 0 bridgehead atoms. The van der Waals surface area contributed by atoms with Crippen LogP contribution < -0.4 is 19.5 Å². The van der Waals surface area contributed by atoms with Crippen molar-refractivity contribution in [1.29, 1.82) is 0 Å². The smallest absolute Gasteiger partial charge is 0.203 e. The Morgan fingerprint density at radius 3 is 2.38 bits per heavy atom. The lowest BCUT2D eigenvalue weighted by Crippen LogP contribution is -2.46. The SMILES string of the molecule is CCNC(=NCc1cc(OC)c(OC)c(OC)c1)N1CCC(N2CCOCC2)C1. The Balaban J connectivity index is 1.71. The van der Waals surface area contributed by atoms with E-state index in [9.17, 15) is 0 Å². The summed E-state index contributed by atoms with van der Waals surface area (Å²) in [5.74, 6) is 2.85. The van der Waals surface area contributed by atoms with E-state index in [1.807, 2.05) is 12.1 Å². The number of guanidine groups is 1. The fourth-order valence-corrected chi connectivity index (χ4v) is 3.99. The summed E-state index contributed by atoms with van der Waals surface area (Å²) >= 11 is 0. The van der Waals surface area contributed by atoms with Crippen LogP contribution in [0.2, 0.25) is 0 Å². The summed E-state index contributed by atoms with van der Waals surface area (Å²) in [6, 6.07) is 4.48. The van der Waals surface area contributed by atoms with Crippen LogP contribution in [0, 0.1) is 0 Å². The van der Waals surface area contributed by atoms with Gasteiger partial charge >= 0.3 is 0 Å². The number of rotatable bonds is 7. The Morgan fingerprint density at radius 2 is 1.79 bits per heavy atom. The lowest BCUT2D eigenvalue weighted by atomic mass is 10.2. The zero-order chi connectivity index (χ0) is 20.6. The van der Waals surface area contributed by atoms with Crippen molar-refractivity contribution in [1.82, 2.24) is 15.1 Å². The molecule has 0 saturated carbocycles. The second-order valence-electron chi connectivity index (χ2n) is 7.24. The highest BCUT2D eigenvalue weighted by Gasteiger charge is 2.30. The van der Waals surface area contributed by atoms with Gasteiger partial charge in [0, 0.05) is 38.8 Å². The molecule has 2 saturated heterocycles. The maximum absolute atomic E-state index is 5.49. The first-order valence-corrected chi connectivity index (χ1v) is 10.3. The zero-order valence-electron chi connectivity index (χ0n) is 18.1. The van der Waals surface area contributed by atoms with Gasteiger partial charge in [0.2, 0.25) is 5.75 Å². The van der Waals surface area contributed by atoms with Gasteiger partial charge in [-0.15, -0.1) is 0 Å². The minimum Gasteiger partial charge on any atom is -0.493 e. The molecule has 0 aliphatic carbocycles. The predicted molar refractivity (Wildman–Crippen MR) is 113 cm³/mol.